The molecular weight excluding hydrogens is 418 g/mol. The molecule has 0 N–H and O–H groups in total. The van der Waals surface area contributed by atoms with E-state index in [1.54, 1.807) is 30.3 Å². The summed E-state index contributed by atoms with van der Waals surface area (Å²) in [5.74, 6) is -0.744. The monoisotopic (exact) mass is 431 g/mol. The number of esters is 1. The first kappa shape index (κ1) is 18.4. The molecule has 0 saturated carbocycles. The summed E-state index contributed by atoms with van der Waals surface area (Å²) in [7, 11) is 1.32. The van der Waals surface area contributed by atoms with Gasteiger partial charge in [0.15, 0.2) is 0 Å². The molecule has 7 heteroatoms. The van der Waals surface area contributed by atoms with Crippen LogP contribution in [0.5, 0.6) is 0 Å². The van der Waals surface area contributed by atoms with Crippen molar-refractivity contribution in [3.8, 4) is 0 Å². The lowest BCUT2D eigenvalue weighted by Gasteiger charge is -2.12. The third kappa shape index (κ3) is 4.05. The Morgan fingerprint density at radius 2 is 1.77 bits per heavy atom. The zero-order valence-electron chi connectivity index (χ0n) is 13.8. The minimum atomic E-state index is -0.425. The van der Waals surface area contributed by atoms with Gasteiger partial charge in [-0.3, -0.25) is 14.5 Å². The van der Waals surface area contributed by atoms with E-state index in [0.717, 1.165) is 27.4 Å². The smallest absolute Gasteiger partial charge is 0.337 e. The van der Waals surface area contributed by atoms with Crippen molar-refractivity contribution in [3.05, 3.63) is 74.6 Å². The fourth-order valence-corrected chi connectivity index (χ4v) is 3.50. The number of hydrogen-bond donors (Lipinski definition) is 0. The van der Waals surface area contributed by atoms with Crippen LogP contribution in [0, 0.1) is 0 Å². The number of methoxy groups -OCH3 is 1. The standard InChI is InChI=1S/C19H14BrNO4S/c1-25-18(23)14-6-2-12(3-7-14)10-16-17(22)21(19(24)26-16)11-13-4-8-15(20)9-5-13/h2-10H,11H2,1H3. The van der Waals surface area contributed by atoms with Crippen molar-refractivity contribution in [1.29, 1.82) is 0 Å². The second-order valence-electron chi connectivity index (χ2n) is 5.51. The Labute approximate surface area is 163 Å². The molecule has 0 radical (unpaired) electrons. The zero-order valence-corrected chi connectivity index (χ0v) is 16.2. The van der Waals surface area contributed by atoms with Gasteiger partial charge in [0.1, 0.15) is 0 Å². The van der Waals surface area contributed by atoms with Crippen molar-refractivity contribution in [2.75, 3.05) is 7.11 Å². The van der Waals surface area contributed by atoms with Gasteiger partial charge in [0.2, 0.25) is 0 Å². The molecule has 1 saturated heterocycles. The fraction of sp³-hybridized carbons (Fsp3) is 0.105. The number of amides is 2. The van der Waals surface area contributed by atoms with Crippen LogP contribution in [0.3, 0.4) is 0 Å². The average Bonchev–Trinajstić information content (AvgIpc) is 2.91. The van der Waals surface area contributed by atoms with Crippen LogP contribution in [0.4, 0.5) is 4.79 Å². The van der Waals surface area contributed by atoms with Crippen LogP contribution in [0.15, 0.2) is 57.9 Å². The van der Waals surface area contributed by atoms with Crippen LogP contribution in [-0.2, 0) is 16.1 Å². The van der Waals surface area contributed by atoms with E-state index in [1.165, 1.54) is 12.0 Å². The molecule has 1 heterocycles. The van der Waals surface area contributed by atoms with Crippen LogP contribution in [0.1, 0.15) is 21.5 Å². The minimum absolute atomic E-state index is 0.233. The van der Waals surface area contributed by atoms with Crippen molar-refractivity contribution in [1.82, 2.24) is 4.90 Å². The molecule has 1 aliphatic heterocycles. The van der Waals surface area contributed by atoms with Gasteiger partial charge in [0.05, 0.1) is 24.1 Å². The average molecular weight is 432 g/mol. The summed E-state index contributed by atoms with van der Waals surface area (Å²) in [5.41, 5.74) is 2.03. The highest BCUT2D eigenvalue weighted by molar-refractivity contribution is 9.10. The van der Waals surface area contributed by atoms with E-state index in [4.69, 9.17) is 0 Å². The molecule has 2 aromatic rings. The third-order valence-corrected chi connectivity index (χ3v) is 5.19. The number of thioether (sulfide) groups is 1. The topological polar surface area (TPSA) is 63.7 Å². The van der Waals surface area contributed by atoms with E-state index in [-0.39, 0.29) is 17.7 Å². The highest BCUT2D eigenvalue weighted by atomic mass is 79.9. The first-order valence-electron chi connectivity index (χ1n) is 7.66. The van der Waals surface area contributed by atoms with E-state index in [2.05, 4.69) is 20.7 Å². The number of ether oxygens (including phenoxy) is 1. The van der Waals surface area contributed by atoms with Crippen LogP contribution >= 0.6 is 27.7 Å². The number of benzene rings is 2. The number of hydrogen-bond acceptors (Lipinski definition) is 5. The molecule has 0 atom stereocenters. The Bertz CT molecular complexity index is 891. The van der Waals surface area contributed by atoms with Gasteiger partial charge >= 0.3 is 5.97 Å². The molecule has 132 valence electrons. The van der Waals surface area contributed by atoms with Crippen molar-refractivity contribution >= 4 is 50.9 Å². The Morgan fingerprint density at radius 3 is 2.38 bits per heavy atom. The molecular formula is C19H14BrNO4S. The molecule has 1 fully saturated rings. The molecule has 0 aromatic heterocycles. The number of nitrogens with zero attached hydrogens (tertiary/aromatic N) is 1. The Balaban J connectivity index is 1.76. The third-order valence-electron chi connectivity index (χ3n) is 3.76. The molecule has 0 unspecified atom stereocenters. The van der Waals surface area contributed by atoms with Gasteiger partial charge in [0.25, 0.3) is 11.1 Å². The second-order valence-corrected chi connectivity index (χ2v) is 7.42. The van der Waals surface area contributed by atoms with Crippen molar-refractivity contribution < 1.29 is 19.1 Å². The first-order chi connectivity index (χ1) is 12.5. The SMILES string of the molecule is COC(=O)c1ccc(C=C2SC(=O)N(Cc3ccc(Br)cc3)C2=O)cc1. The highest BCUT2D eigenvalue weighted by Gasteiger charge is 2.34. The molecule has 2 amide bonds. The van der Waals surface area contributed by atoms with E-state index in [9.17, 15) is 14.4 Å². The maximum absolute atomic E-state index is 12.5. The number of carbonyl (C=O) groups excluding carboxylic acids is 3. The molecule has 5 nitrogen and oxygen atoms in total. The largest absolute Gasteiger partial charge is 0.465 e. The van der Waals surface area contributed by atoms with Gasteiger partial charge in [-0.25, -0.2) is 4.79 Å². The number of rotatable bonds is 4. The summed E-state index contributed by atoms with van der Waals surface area (Å²) in [6.07, 6.45) is 1.65. The predicted molar refractivity (Wildman–Crippen MR) is 103 cm³/mol. The summed E-state index contributed by atoms with van der Waals surface area (Å²) in [4.78, 5) is 37.8. The summed E-state index contributed by atoms with van der Waals surface area (Å²) in [6, 6.07) is 14.1. The molecule has 0 bridgehead atoms. The van der Waals surface area contributed by atoms with Gasteiger partial charge in [-0.15, -0.1) is 0 Å². The molecule has 2 aromatic carbocycles. The van der Waals surface area contributed by atoms with Crippen LogP contribution in [0.2, 0.25) is 0 Å². The van der Waals surface area contributed by atoms with Gasteiger partial charge in [-0.2, -0.15) is 0 Å². The summed E-state index contributed by atoms with van der Waals surface area (Å²) < 4.78 is 5.59. The number of imide groups is 1. The maximum atomic E-state index is 12.5. The Morgan fingerprint density at radius 1 is 1.12 bits per heavy atom. The second kappa shape index (κ2) is 7.88. The molecule has 1 aliphatic rings. The van der Waals surface area contributed by atoms with Crippen molar-refractivity contribution in [3.63, 3.8) is 0 Å². The molecule has 0 spiro atoms. The molecule has 26 heavy (non-hydrogen) atoms. The quantitative estimate of drug-likeness (QED) is 0.527. The highest BCUT2D eigenvalue weighted by Crippen LogP contribution is 2.33. The zero-order chi connectivity index (χ0) is 18.7. The summed E-state index contributed by atoms with van der Waals surface area (Å²) in [5, 5.41) is -0.296. The van der Waals surface area contributed by atoms with Crippen LogP contribution in [-0.4, -0.2) is 29.1 Å². The Hall–Kier alpha value is -2.38. The number of halogens is 1. The van der Waals surface area contributed by atoms with E-state index >= 15 is 0 Å². The van der Waals surface area contributed by atoms with Gasteiger partial charge in [-0.1, -0.05) is 40.2 Å². The molecule has 3 rings (SSSR count). The minimum Gasteiger partial charge on any atom is -0.465 e. The van der Waals surface area contributed by atoms with E-state index < -0.39 is 5.97 Å². The van der Waals surface area contributed by atoms with Gasteiger partial charge in [-0.05, 0) is 53.2 Å². The maximum Gasteiger partial charge on any atom is 0.337 e. The molecule has 0 aliphatic carbocycles. The van der Waals surface area contributed by atoms with E-state index in [0.29, 0.717) is 10.5 Å². The lowest BCUT2D eigenvalue weighted by molar-refractivity contribution is -0.123. The van der Waals surface area contributed by atoms with Crippen LogP contribution in [0.25, 0.3) is 6.08 Å². The predicted octanol–water partition coefficient (Wildman–Crippen LogP) is 4.47. The van der Waals surface area contributed by atoms with Gasteiger partial charge < -0.3 is 4.74 Å². The number of carbonyl (C=O) groups is 3. The van der Waals surface area contributed by atoms with Crippen LogP contribution < -0.4 is 0 Å². The normalized spacial score (nSPS) is 15.6. The lowest BCUT2D eigenvalue weighted by atomic mass is 10.1. The van der Waals surface area contributed by atoms with Crippen molar-refractivity contribution in [2.24, 2.45) is 0 Å². The first-order valence-corrected chi connectivity index (χ1v) is 9.27. The Kier molecular flexibility index (Phi) is 5.58. The summed E-state index contributed by atoms with van der Waals surface area (Å²) >= 11 is 4.27. The van der Waals surface area contributed by atoms with E-state index in [1.807, 2.05) is 24.3 Å². The van der Waals surface area contributed by atoms with Crippen molar-refractivity contribution in [2.45, 2.75) is 6.54 Å². The fourth-order valence-electron chi connectivity index (χ4n) is 2.39. The summed E-state index contributed by atoms with van der Waals surface area (Å²) in [6.45, 7) is 0.233. The van der Waals surface area contributed by atoms with Gasteiger partial charge in [0, 0.05) is 4.47 Å². The lowest BCUT2D eigenvalue weighted by Crippen LogP contribution is -2.27.